The first-order valence-corrected chi connectivity index (χ1v) is 7.30. The summed E-state index contributed by atoms with van der Waals surface area (Å²) >= 11 is 0. The molecule has 0 fully saturated rings. The summed E-state index contributed by atoms with van der Waals surface area (Å²) in [5.41, 5.74) is 1.14. The zero-order valence-corrected chi connectivity index (χ0v) is 11.6. The summed E-state index contributed by atoms with van der Waals surface area (Å²) in [5.74, 6) is 0.446. The third-order valence-corrected chi connectivity index (χ3v) is 4.15. The maximum absolute atomic E-state index is 12.1. The molecule has 0 amide bonds. The Kier molecular flexibility index (Phi) is 4.38. The van der Waals surface area contributed by atoms with Gasteiger partial charge in [0.2, 0.25) is 10.0 Å². The predicted molar refractivity (Wildman–Crippen MR) is 71.5 cm³/mol. The highest BCUT2D eigenvalue weighted by Crippen LogP contribution is 2.22. The monoisotopic (exact) mass is 297 g/mol. The molecule has 1 aromatic heterocycles. The molecule has 0 spiro atoms. The summed E-state index contributed by atoms with van der Waals surface area (Å²) in [5, 5.41) is 15.6. The predicted octanol–water partition coefficient (Wildman–Crippen LogP) is 0.389. The Labute approximate surface area is 116 Å². The number of aliphatic hydroxyl groups is 1. The van der Waals surface area contributed by atoms with E-state index in [0.717, 1.165) is 5.56 Å². The fourth-order valence-corrected chi connectivity index (χ4v) is 2.75. The van der Waals surface area contributed by atoms with E-state index in [-0.39, 0.29) is 18.0 Å². The summed E-state index contributed by atoms with van der Waals surface area (Å²) < 4.78 is 31.8. The Morgan fingerprint density at radius 1 is 1.45 bits per heavy atom. The summed E-state index contributed by atoms with van der Waals surface area (Å²) in [6.07, 6.45) is 3.14. The molecule has 0 saturated heterocycles. The van der Waals surface area contributed by atoms with Crippen LogP contribution in [0, 0.1) is 0 Å². The van der Waals surface area contributed by atoms with Crippen LogP contribution in [0.3, 0.4) is 0 Å². The number of nitrogens with zero attached hydrogens (tertiary/aromatic N) is 1. The lowest BCUT2D eigenvalue weighted by Gasteiger charge is -2.10. The fourth-order valence-electron chi connectivity index (χ4n) is 1.68. The highest BCUT2D eigenvalue weighted by molar-refractivity contribution is 7.89. The van der Waals surface area contributed by atoms with Crippen LogP contribution in [0.5, 0.6) is 5.75 Å². The number of hydrogen-bond donors (Lipinski definition) is 3. The van der Waals surface area contributed by atoms with Gasteiger partial charge in [-0.1, -0.05) is 0 Å². The summed E-state index contributed by atoms with van der Waals surface area (Å²) in [6, 6.07) is 4.32. The first-order valence-electron chi connectivity index (χ1n) is 5.82. The SMILES string of the molecule is COc1ccc(S(=O)(=O)NCc2cn[nH]c2)cc1CO. The third kappa shape index (κ3) is 3.16. The maximum Gasteiger partial charge on any atom is 0.240 e. The molecule has 0 aliphatic heterocycles. The van der Waals surface area contributed by atoms with Crippen molar-refractivity contribution in [3.63, 3.8) is 0 Å². The normalized spacial score (nSPS) is 11.5. The van der Waals surface area contributed by atoms with Gasteiger partial charge in [-0.15, -0.1) is 0 Å². The topological polar surface area (TPSA) is 104 Å². The molecule has 7 nitrogen and oxygen atoms in total. The molecule has 0 radical (unpaired) electrons. The summed E-state index contributed by atoms with van der Waals surface area (Å²) in [4.78, 5) is 0.0749. The number of benzene rings is 1. The quantitative estimate of drug-likeness (QED) is 0.715. The minimum Gasteiger partial charge on any atom is -0.496 e. The first kappa shape index (κ1) is 14.5. The second-order valence-corrected chi connectivity index (χ2v) is 5.83. The van der Waals surface area contributed by atoms with E-state index in [0.29, 0.717) is 11.3 Å². The van der Waals surface area contributed by atoms with E-state index in [2.05, 4.69) is 14.9 Å². The van der Waals surface area contributed by atoms with Gasteiger partial charge in [0.1, 0.15) is 5.75 Å². The molecule has 0 aliphatic rings. The number of aliphatic hydroxyl groups excluding tert-OH is 1. The van der Waals surface area contributed by atoms with Gasteiger partial charge in [0.05, 0.1) is 24.8 Å². The number of nitrogens with one attached hydrogen (secondary N) is 2. The molecule has 1 heterocycles. The van der Waals surface area contributed by atoms with E-state index >= 15 is 0 Å². The zero-order chi connectivity index (χ0) is 14.6. The van der Waals surface area contributed by atoms with Crippen LogP contribution in [0.15, 0.2) is 35.5 Å². The van der Waals surface area contributed by atoms with Crippen molar-refractivity contribution in [3.05, 3.63) is 41.7 Å². The standard InChI is InChI=1S/C12H15N3O4S/c1-19-12-3-2-11(4-10(12)8-16)20(17,18)15-7-9-5-13-14-6-9/h2-6,15-16H,7-8H2,1H3,(H,13,14). The number of methoxy groups -OCH3 is 1. The van der Waals surface area contributed by atoms with Gasteiger partial charge >= 0.3 is 0 Å². The zero-order valence-electron chi connectivity index (χ0n) is 10.8. The molecule has 0 aliphatic carbocycles. The average Bonchev–Trinajstić information content (AvgIpc) is 2.97. The molecule has 3 N–H and O–H groups in total. The molecule has 2 aromatic rings. The second kappa shape index (κ2) is 6.04. The number of rotatable bonds is 6. The van der Waals surface area contributed by atoms with Crippen molar-refractivity contribution < 1.29 is 18.3 Å². The molecule has 108 valence electrons. The molecule has 2 rings (SSSR count). The summed E-state index contributed by atoms with van der Waals surface area (Å²) in [6.45, 7) is -0.159. The van der Waals surface area contributed by atoms with Crippen LogP contribution in [0.1, 0.15) is 11.1 Å². The van der Waals surface area contributed by atoms with Crippen LogP contribution in [0.2, 0.25) is 0 Å². The van der Waals surface area contributed by atoms with Crippen LogP contribution in [-0.2, 0) is 23.2 Å². The summed E-state index contributed by atoms with van der Waals surface area (Å²) in [7, 11) is -2.19. The molecule has 1 aromatic carbocycles. The Balaban J connectivity index is 2.20. The van der Waals surface area contributed by atoms with Crippen molar-refractivity contribution in [2.75, 3.05) is 7.11 Å². The molecular weight excluding hydrogens is 282 g/mol. The molecule has 20 heavy (non-hydrogen) atoms. The van der Waals surface area contributed by atoms with E-state index in [9.17, 15) is 13.5 Å². The Bertz CT molecular complexity index is 668. The lowest BCUT2D eigenvalue weighted by Crippen LogP contribution is -2.23. The van der Waals surface area contributed by atoms with E-state index in [4.69, 9.17) is 4.74 Å². The second-order valence-electron chi connectivity index (χ2n) is 4.06. The Morgan fingerprint density at radius 2 is 2.25 bits per heavy atom. The number of hydrogen-bond acceptors (Lipinski definition) is 5. The van der Waals surface area contributed by atoms with Crippen molar-refractivity contribution in [2.24, 2.45) is 0 Å². The Hall–Kier alpha value is -1.90. The third-order valence-electron chi connectivity index (χ3n) is 2.75. The van der Waals surface area contributed by atoms with Gasteiger partial charge < -0.3 is 9.84 Å². The largest absolute Gasteiger partial charge is 0.496 e. The molecule has 0 bridgehead atoms. The van der Waals surface area contributed by atoms with Crippen molar-refractivity contribution >= 4 is 10.0 Å². The molecular formula is C12H15N3O4S. The van der Waals surface area contributed by atoms with Gasteiger partial charge in [-0.25, -0.2) is 13.1 Å². The van der Waals surface area contributed by atoms with Crippen molar-refractivity contribution in [3.8, 4) is 5.75 Å². The molecule has 8 heteroatoms. The van der Waals surface area contributed by atoms with Gasteiger partial charge in [0.15, 0.2) is 0 Å². The fraction of sp³-hybridized carbons (Fsp3) is 0.250. The van der Waals surface area contributed by atoms with E-state index in [1.54, 1.807) is 6.20 Å². The van der Waals surface area contributed by atoms with Gasteiger partial charge in [-0.05, 0) is 18.2 Å². The number of aromatic nitrogens is 2. The van der Waals surface area contributed by atoms with Crippen molar-refractivity contribution in [1.82, 2.24) is 14.9 Å². The van der Waals surface area contributed by atoms with Crippen LogP contribution < -0.4 is 9.46 Å². The maximum atomic E-state index is 12.1. The molecule has 0 unspecified atom stereocenters. The van der Waals surface area contributed by atoms with Crippen molar-refractivity contribution in [1.29, 1.82) is 0 Å². The van der Waals surface area contributed by atoms with E-state index in [1.165, 1.54) is 31.5 Å². The number of H-pyrrole nitrogens is 1. The smallest absolute Gasteiger partial charge is 0.240 e. The van der Waals surface area contributed by atoms with Crippen LogP contribution in [0.4, 0.5) is 0 Å². The van der Waals surface area contributed by atoms with E-state index in [1.807, 2.05) is 0 Å². The van der Waals surface area contributed by atoms with Crippen LogP contribution in [-0.4, -0.2) is 30.8 Å². The van der Waals surface area contributed by atoms with Crippen LogP contribution >= 0.6 is 0 Å². The lowest BCUT2D eigenvalue weighted by atomic mass is 10.2. The highest BCUT2D eigenvalue weighted by atomic mass is 32.2. The number of sulfonamides is 1. The van der Waals surface area contributed by atoms with Gasteiger partial charge in [0.25, 0.3) is 0 Å². The minimum absolute atomic E-state index is 0.0749. The Morgan fingerprint density at radius 3 is 2.85 bits per heavy atom. The van der Waals surface area contributed by atoms with Gasteiger partial charge in [-0.2, -0.15) is 5.10 Å². The van der Waals surface area contributed by atoms with Crippen LogP contribution in [0.25, 0.3) is 0 Å². The molecule has 0 saturated carbocycles. The van der Waals surface area contributed by atoms with Crippen molar-refractivity contribution in [2.45, 2.75) is 18.0 Å². The number of aromatic amines is 1. The van der Waals surface area contributed by atoms with E-state index < -0.39 is 10.0 Å². The average molecular weight is 297 g/mol. The molecule has 0 atom stereocenters. The van der Waals surface area contributed by atoms with Gasteiger partial charge in [0, 0.05) is 23.9 Å². The minimum atomic E-state index is -3.65. The highest BCUT2D eigenvalue weighted by Gasteiger charge is 2.16. The lowest BCUT2D eigenvalue weighted by molar-refractivity contribution is 0.273. The van der Waals surface area contributed by atoms with Gasteiger partial charge in [-0.3, -0.25) is 5.10 Å². The number of ether oxygens (including phenoxy) is 1. The first-order chi connectivity index (χ1) is 9.56.